The molecule has 1 aromatic heterocycles. The fraction of sp³-hybridized carbons (Fsp3) is 0.200. The summed E-state index contributed by atoms with van der Waals surface area (Å²) in [5.74, 6) is -1.07. The van der Waals surface area contributed by atoms with E-state index in [9.17, 15) is 18.4 Å². The largest absolute Gasteiger partial charge is 0.296 e. The molecule has 1 aliphatic heterocycles. The number of aromatic nitrogens is 2. The van der Waals surface area contributed by atoms with Crippen LogP contribution in [0.4, 0.5) is 8.78 Å². The Kier molecular flexibility index (Phi) is 4.46. The highest BCUT2D eigenvalue weighted by atomic mass is 19.1. The Balaban J connectivity index is 1.61. The van der Waals surface area contributed by atoms with Gasteiger partial charge < -0.3 is 0 Å². The highest BCUT2D eigenvalue weighted by molar-refractivity contribution is 6.02. The van der Waals surface area contributed by atoms with Crippen LogP contribution in [0.15, 0.2) is 46.3 Å². The molecule has 1 N–H and O–H groups in total. The Hall–Kier alpha value is -3.42. The van der Waals surface area contributed by atoms with E-state index in [-0.39, 0.29) is 22.4 Å². The van der Waals surface area contributed by atoms with E-state index in [1.165, 1.54) is 19.1 Å². The van der Waals surface area contributed by atoms with Gasteiger partial charge in [0.15, 0.2) is 0 Å². The van der Waals surface area contributed by atoms with Gasteiger partial charge >= 0.3 is 0 Å². The van der Waals surface area contributed by atoms with Crippen LogP contribution >= 0.6 is 0 Å². The van der Waals surface area contributed by atoms with Crippen molar-refractivity contribution in [3.8, 4) is 0 Å². The van der Waals surface area contributed by atoms with Gasteiger partial charge in [0.05, 0.1) is 16.6 Å². The maximum absolute atomic E-state index is 13.8. The topological polar surface area (TPSA) is 76.3 Å². The molecule has 0 atom stereocenters. The van der Waals surface area contributed by atoms with E-state index < -0.39 is 17.5 Å². The van der Waals surface area contributed by atoms with Gasteiger partial charge in [-0.2, -0.15) is 5.10 Å². The molecule has 0 fully saturated rings. The van der Waals surface area contributed by atoms with Gasteiger partial charge in [-0.25, -0.2) is 19.2 Å². The molecule has 2 aromatic carbocycles. The number of nitrogens with zero attached hydrogens (tertiary/aromatic N) is 3. The normalized spacial score (nSPS) is 13.6. The van der Waals surface area contributed by atoms with Crippen molar-refractivity contribution < 1.29 is 13.6 Å². The molecule has 3 aromatic rings. The first-order valence-electron chi connectivity index (χ1n) is 8.77. The molecule has 0 saturated carbocycles. The molecule has 0 aliphatic carbocycles. The number of rotatable bonds is 3. The van der Waals surface area contributed by atoms with E-state index in [0.29, 0.717) is 23.3 Å². The second-order valence-electron chi connectivity index (χ2n) is 6.58. The van der Waals surface area contributed by atoms with Gasteiger partial charge in [0.1, 0.15) is 17.5 Å². The quantitative estimate of drug-likeness (QED) is 0.559. The number of hydrogen-bond acceptors (Lipinski definition) is 4. The number of carbonyl (C=O) groups is 1. The van der Waals surface area contributed by atoms with Crippen molar-refractivity contribution in [1.29, 1.82) is 0 Å². The average Bonchev–Trinajstić information content (AvgIpc) is 3.16. The fourth-order valence-electron chi connectivity index (χ4n) is 3.26. The predicted molar refractivity (Wildman–Crippen MR) is 100 cm³/mol. The van der Waals surface area contributed by atoms with E-state index in [1.807, 2.05) is 0 Å². The summed E-state index contributed by atoms with van der Waals surface area (Å²) in [6.07, 6.45) is 1.60. The number of amides is 1. The zero-order valence-electron chi connectivity index (χ0n) is 15.0. The van der Waals surface area contributed by atoms with Crippen LogP contribution < -0.4 is 11.0 Å². The number of nitrogens with one attached hydrogen (secondary N) is 1. The number of fused-ring (bicyclic) bond motifs is 2. The van der Waals surface area contributed by atoms with Gasteiger partial charge in [0.25, 0.3) is 11.5 Å². The Labute approximate surface area is 158 Å². The van der Waals surface area contributed by atoms with Crippen LogP contribution in [0.2, 0.25) is 0 Å². The Bertz CT molecular complexity index is 1200. The lowest BCUT2D eigenvalue weighted by Gasteiger charge is -2.07. The first-order valence-corrected chi connectivity index (χ1v) is 8.77. The number of hydrogen-bond donors (Lipinski definition) is 1. The summed E-state index contributed by atoms with van der Waals surface area (Å²) in [4.78, 5) is 29.3. The zero-order valence-corrected chi connectivity index (χ0v) is 15.0. The highest BCUT2D eigenvalue weighted by Gasteiger charge is 2.17. The van der Waals surface area contributed by atoms with Gasteiger partial charge in [0, 0.05) is 24.1 Å². The van der Waals surface area contributed by atoms with Crippen molar-refractivity contribution in [3.63, 3.8) is 0 Å². The fourth-order valence-corrected chi connectivity index (χ4v) is 3.26. The van der Waals surface area contributed by atoms with Crippen LogP contribution in [-0.4, -0.2) is 21.2 Å². The van der Waals surface area contributed by atoms with Crippen LogP contribution in [0.5, 0.6) is 0 Å². The van der Waals surface area contributed by atoms with Crippen LogP contribution in [0.3, 0.4) is 0 Å². The lowest BCUT2D eigenvalue weighted by molar-refractivity contribution is 0.0955. The number of aryl methyl sites for hydroxylation is 1. The third kappa shape index (κ3) is 3.17. The summed E-state index contributed by atoms with van der Waals surface area (Å²) in [6, 6.07) is 7.61. The number of benzene rings is 2. The molecule has 8 heteroatoms. The van der Waals surface area contributed by atoms with Crippen LogP contribution in [-0.2, 0) is 13.0 Å². The van der Waals surface area contributed by atoms with Crippen molar-refractivity contribution in [2.24, 2.45) is 5.10 Å². The first-order chi connectivity index (χ1) is 13.4. The number of halogens is 2. The molecule has 28 heavy (non-hydrogen) atoms. The second kappa shape index (κ2) is 6.95. The van der Waals surface area contributed by atoms with Crippen LogP contribution in [0.1, 0.15) is 35.1 Å². The van der Waals surface area contributed by atoms with Crippen molar-refractivity contribution in [1.82, 2.24) is 15.0 Å². The Morgan fingerprint density at radius 3 is 2.86 bits per heavy atom. The molecule has 6 nitrogen and oxygen atoms in total. The number of carbonyl (C=O) groups excluding carboxylic acids is 1. The lowest BCUT2D eigenvalue weighted by atomic mass is 10.1. The summed E-state index contributed by atoms with van der Waals surface area (Å²) in [7, 11) is 0. The molecule has 0 bridgehead atoms. The molecule has 0 unspecified atom stereocenters. The maximum Gasteiger partial charge on any atom is 0.271 e. The van der Waals surface area contributed by atoms with Gasteiger partial charge in [-0.05, 0) is 49.7 Å². The SMILES string of the molecule is C/C(=N/NC(=O)c1ccc2c(=O)n3c(nc2c1)CCC3)c1cc(F)ccc1F. The van der Waals surface area contributed by atoms with E-state index in [2.05, 4.69) is 15.5 Å². The van der Waals surface area contributed by atoms with Gasteiger partial charge in [-0.15, -0.1) is 0 Å². The molecule has 2 heterocycles. The van der Waals surface area contributed by atoms with Gasteiger partial charge in [0.2, 0.25) is 0 Å². The third-order valence-corrected chi connectivity index (χ3v) is 4.72. The van der Waals surface area contributed by atoms with E-state index in [0.717, 1.165) is 31.0 Å². The third-order valence-electron chi connectivity index (χ3n) is 4.72. The first kappa shape index (κ1) is 18.0. The molecule has 1 aliphatic rings. The smallest absolute Gasteiger partial charge is 0.271 e. The van der Waals surface area contributed by atoms with E-state index in [1.54, 1.807) is 10.6 Å². The number of hydrazone groups is 1. The Morgan fingerprint density at radius 1 is 1.21 bits per heavy atom. The molecule has 142 valence electrons. The van der Waals surface area contributed by atoms with Crippen molar-refractivity contribution >= 4 is 22.5 Å². The molecular formula is C20H16F2N4O2. The van der Waals surface area contributed by atoms with Crippen LogP contribution in [0, 0.1) is 11.6 Å². The van der Waals surface area contributed by atoms with Gasteiger partial charge in [-0.1, -0.05) is 0 Å². The van der Waals surface area contributed by atoms with Crippen molar-refractivity contribution in [2.45, 2.75) is 26.3 Å². The molecule has 0 radical (unpaired) electrons. The highest BCUT2D eigenvalue weighted by Crippen LogP contribution is 2.16. The summed E-state index contributed by atoms with van der Waals surface area (Å²) >= 11 is 0. The van der Waals surface area contributed by atoms with Gasteiger partial charge in [-0.3, -0.25) is 14.2 Å². The standard InChI is InChI=1S/C20H16F2N4O2/c1-11(15-10-13(21)5-7-16(15)22)24-25-19(27)12-4-6-14-17(9-12)23-18-3-2-8-26(18)20(14)28/h4-7,9-10H,2-3,8H2,1H3,(H,25,27)/b24-11-. The predicted octanol–water partition coefficient (Wildman–Crippen LogP) is 2.77. The summed E-state index contributed by atoms with van der Waals surface area (Å²) in [6.45, 7) is 2.12. The maximum atomic E-state index is 13.8. The van der Waals surface area contributed by atoms with E-state index >= 15 is 0 Å². The molecule has 4 rings (SSSR count). The average molecular weight is 382 g/mol. The molecular weight excluding hydrogens is 366 g/mol. The molecule has 1 amide bonds. The minimum atomic E-state index is -0.638. The van der Waals surface area contributed by atoms with E-state index in [4.69, 9.17) is 0 Å². The summed E-state index contributed by atoms with van der Waals surface area (Å²) in [5.41, 5.74) is 3.01. The minimum Gasteiger partial charge on any atom is -0.296 e. The lowest BCUT2D eigenvalue weighted by Crippen LogP contribution is -2.22. The summed E-state index contributed by atoms with van der Waals surface area (Å²) in [5, 5.41) is 4.30. The molecule has 0 saturated heterocycles. The van der Waals surface area contributed by atoms with Crippen LogP contribution in [0.25, 0.3) is 10.9 Å². The Morgan fingerprint density at radius 2 is 2.04 bits per heavy atom. The second-order valence-corrected chi connectivity index (χ2v) is 6.58. The monoisotopic (exact) mass is 382 g/mol. The van der Waals surface area contributed by atoms with Crippen molar-refractivity contribution in [2.75, 3.05) is 0 Å². The summed E-state index contributed by atoms with van der Waals surface area (Å²) < 4.78 is 28.7. The zero-order chi connectivity index (χ0) is 19.8. The molecule has 0 spiro atoms. The minimum absolute atomic E-state index is 0.0379. The van der Waals surface area contributed by atoms with Crippen molar-refractivity contribution in [3.05, 3.63) is 75.3 Å².